The van der Waals surface area contributed by atoms with Gasteiger partial charge in [0.05, 0.1) is 9.40 Å². The van der Waals surface area contributed by atoms with Crippen molar-refractivity contribution in [2.45, 2.75) is 32.7 Å². The quantitative estimate of drug-likeness (QED) is 0.452. The second kappa shape index (κ2) is 7.96. The predicted octanol–water partition coefficient (Wildman–Crippen LogP) is 3.07. The van der Waals surface area contributed by atoms with Gasteiger partial charge in [-0.25, -0.2) is 0 Å². The average molecular weight is 344 g/mol. The van der Waals surface area contributed by atoms with E-state index >= 15 is 0 Å². The molecule has 0 saturated carbocycles. The summed E-state index contributed by atoms with van der Waals surface area (Å²) in [6.07, 6.45) is 1.16. The molecule has 20 heavy (non-hydrogen) atoms. The van der Waals surface area contributed by atoms with Crippen molar-refractivity contribution >= 4 is 33.2 Å². The van der Waals surface area contributed by atoms with E-state index < -0.39 is 4.92 Å². The van der Waals surface area contributed by atoms with E-state index in [0.717, 1.165) is 13.0 Å². The van der Waals surface area contributed by atoms with Gasteiger partial charge >= 0.3 is 0 Å². The molecule has 0 spiro atoms. The maximum absolute atomic E-state index is 11.7. The second-order valence-electron chi connectivity index (χ2n) is 4.68. The fourth-order valence-electron chi connectivity index (χ4n) is 1.60. The number of rotatable bonds is 7. The zero-order chi connectivity index (χ0) is 15.1. The van der Waals surface area contributed by atoms with Crippen molar-refractivity contribution in [1.29, 1.82) is 0 Å². The second-order valence-corrected chi connectivity index (χ2v) is 5.54. The molecule has 0 aliphatic carbocycles. The van der Waals surface area contributed by atoms with Gasteiger partial charge < -0.3 is 10.6 Å². The standard InChI is InChI=1S/C13H18BrN3O3/c1-9(2)15-7-3-4-13(18)16-10-5-6-12(17(19)20)11(14)8-10/h5-6,8-9,15H,3-4,7H2,1-2H3,(H,16,18). The molecule has 0 saturated heterocycles. The Morgan fingerprint density at radius 3 is 2.70 bits per heavy atom. The summed E-state index contributed by atoms with van der Waals surface area (Å²) in [5.41, 5.74) is 0.522. The molecule has 6 nitrogen and oxygen atoms in total. The van der Waals surface area contributed by atoms with Crippen LogP contribution in [0.3, 0.4) is 0 Å². The van der Waals surface area contributed by atoms with Gasteiger partial charge in [-0.1, -0.05) is 13.8 Å². The smallest absolute Gasteiger partial charge is 0.283 e. The van der Waals surface area contributed by atoms with Crippen LogP contribution in [0.5, 0.6) is 0 Å². The molecule has 1 rings (SSSR count). The summed E-state index contributed by atoms with van der Waals surface area (Å²) in [4.78, 5) is 21.9. The zero-order valence-electron chi connectivity index (χ0n) is 11.5. The average Bonchev–Trinajstić information content (AvgIpc) is 2.34. The SMILES string of the molecule is CC(C)NCCCC(=O)Nc1ccc([N+](=O)[O-])c(Br)c1. The van der Waals surface area contributed by atoms with Crippen LogP contribution in [-0.2, 0) is 4.79 Å². The highest BCUT2D eigenvalue weighted by Gasteiger charge is 2.12. The highest BCUT2D eigenvalue weighted by atomic mass is 79.9. The van der Waals surface area contributed by atoms with E-state index in [0.29, 0.717) is 22.6 Å². The van der Waals surface area contributed by atoms with E-state index in [2.05, 4.69) is 40.4 Å². The van der Waals surface area contributed by atoms with E-state index in [-0.39, 0.29) is 11.6 Å². The first-order chi connectivity index (χ1) is 9.40. The topological polar surface area (TPSA) is 84.3 Å². The maximum atomic E-state index is 11.7. The number of hydrogen-bond acceptors (Lipinski definition) is 4. The molecular weight excluding hydrogens is 326 g/mol. The number of nitro benzene ring substituents is 1. The highest BCUT2D eigenvalue weighted by Crippen LogP contribution is 2.27. The number of carbonyl (C=O) groups is 1. The summed E-state index contributed by atoms with van der Waals surface area (Å²) in [7, 11) is 0. The minimum absolute atomic E-state index is 0.0240. The summed E-state index contributed by atoms with van der Waals surface area (Å²) < 4.78 is 0.349. The lowest BCUT2D eigenvalue weighted by Crippen LogP contribution is -2.24. The Morgan fingerprint density at radius 1 is 1.45 bits per heavy atom. The van der Waals surface area contributed by atoms with Crippen LogP contribution in [0.1, 0.15) is 26.7 Å². The van der Waals surface area contributed by atoms with Crippen molar-refractivity contribution in [3.05, 3.63) is 32.8 Å². The molecule has 0 aliphatic heterocycles. The Labute approximate surface area is 126 Å². The molecule has 0 bridgehead atoms. The Bertz CT molecular complexity index is 492. The third-order valence-electron chi connectivity index (χ3n) is 2.56. The molecular formula is C13H18BrN3O3. The van der Waals surface area contributed by atoms with Crippen LogP contribution in [0.2, 0.25) is 0 Å². The van der Waals surface area contributed by atoms with Gasteiger partial charge in [0.2, 0.25) is 5.91 Å². The summed E-state index contributed by atoms with van der Waals surface area (Å²) in [5, 5.41) is 16.6. The van der Waals surface area contributed by atoms with Gasteiger partial charge in [-0.05, 0) is 41.0 Å². The molecule has 0 heterocycles. The number of amides is 1. The van der Waals surface area contributed by atoms with Crippen molar-refractivity contribution in [2.24, 2.45) is 0 Å². The van der Waals surface area contributed by atoms with Crippen LogP contribution < -0.4 is 10.6 Å². The van der Waals surface area contributed by atoms with Gasteiger partial charge in [0.1, 0.15) is 0 Å². The predicted molar refractivity (Wildman–Crippen MR) is 81.8 cm³/mol. The van der Waals surface area contributed by atoms with Crippen molar-refractivity contribution in [3.63, 3.8) is 0 Å². The zero-order valence-corrected chi connectivity index (χ0v) is 13.1. The van der Waals surface area contributed by atoms with Crippen LogP contribution in [0, 0.1) is 10.1 Å². The van der Waals surface area contributed by atoms with Gasteiger partial charge in [0, 0.05) is 24.2 Å². The maximum Gasteiger partial charge on any atom is 0.283 e. The fraction of sp³-hybridized carbons (Fsp3) is 0.462. The molecule has 7 heteroatoms. The first-order valence-corrected chi connectivity index (χ1v) is 7.16. The largest absolute Gasteiger partial charge is 0.326 e. The minimum atomic E-state index is -0.479. The van der Waals surface area contributed by atoms with E-state index in [1.807, 2.05) is 0 Å². The number of carbonyl (C=O) groups excluding carboxylic acids is 1. The number of nitro groups is 1. The lowest BCUT2D eigenvalue weighted by atomic mass is 10.2. The number of hydrogen-bond donors (Lipinski definition) is 2. The van der Waals surface area contributed by atoms with Crippen molar-refractivity contribution < 1.29 is 9.72 Å². The van der Waals surface area contributed by atoms with E-state index in [9.17, 15) is 14.9 Å². The third kappa shape index (κ3) is 5.66. The summed E-state index contributed by atoms with van der Waals surface area (Å²) in [6.45, 7) is 4.89. The molecule has 1 amide bonds. The minimum Gasteiger partial charge on any atom is -0.326 e. The van der Waals surface area contributed by atoms with Crippen LogP contribution in [0.25, 0.3) is 0 Å². The molecule has 0 radical (unpaired) electrons. The number of anilines is 1. The van der Waals surface area contributed by atoms with E-state index in [1.165, 1.54) is 18.2 Å². The van der Waals surface area contributed by atoms with Gasteiger partial charge in [-0.15, -0.1) is 0 Å². The van der Waals surface area contributed by atoms with Crippen LogP contribution in [0.4, 0.5) is 11.4 Å². The number of benzene rings is 1. The molecule has 110 valence electrons. The van der Waals surface area contributed by atoms with Gasteiger partial charge in [-0.3, -0.25) is 14.9 Å². The Kier molecular flexibility index (Phi) is 6.60. The monoisotopic (exact) mass is 343 g/mol. The molecule has 0 fully saturated rings. The van der Waals surface area contributed by atoms with E-state index in [4.69, 9.17) is 0 Å². The Hall–Kier alpha value is -1.47. The summed E-state index contributed by atoms with van der Waals surface area (Å²) in [6, 6.07) is 4.82. The van der Waals surface area contributed by atoms with Crippen molar-refractivity contribution in [2.75, 3.05) is 11.9 Å². The molecule has 2 N–H and O–H groups in total. The van der Waals surface area contributed by atoms with Crippen LogP contribution >= 0.6 is 15.9 Å². The lowest BCUT2D eigenvalue weighted by Gasteiger charge is -2.08. The van der Waals surface area contributed by atoms with Gasteiger partial charge in [0.15, 0.2) is 0 Å². The van der Waals surface area contributed by atoms with Gasteiger partial charge in [0.25, 0.3) is 5.69 Å². The Morgan fingerprint density at radius 2 is 2.15 bits per heavy atom. The molecule has 0 unspecified atom stereocenters. The molecule has 0 aromatic heterocycles. The third-order valence-corrected chi connectivity index (χ3v) is 3.20. The van der Waals surface area contributed by atoms with Crippen LogP contribution in [-0.4, -0.2) is 23.4 Å². The molecule has 0 atom stereocenters. The number of nitrogens with zero attached hydrogens (tertiary/aromatic N) is 1. The van der Waals surface area contributed by atoms with Crippen molar-refractivity contribution in [1.82, 2.24) is 5.32 Å². The first-order valence-electron chi connectivity index (χ1n) is 6.37. The Balaban J connectivity index is 2.46. The summed E-state index contributed by atoms with van der Waals surface area (Å²) in [5.74, 6) is -0.101. The molecule has 0 aliphatic rings. The van der Waals surface area contributed by atoms with Crippen LogP contribution in [0.15, 0.2) is 22.7 Å². The number of nitrogens with one attached hydrogen (secondary N) is 2. The summed E-state index contributed by atoms with van der Waals surface area (Å²) >= 11 is 3.11. The first kappa shape index (κ1) is 16.6. The lowest BCUT2D eigenvalue weighted by molar-refractivity contribution is -0.385. The molecule has 1 aromatic rings. The van der Waals surface area contributed by atoms with Gasteiger partial charge in [-0.2, -0.15) is 0 Å². The molecule has 1 aromatic carbocycles. The van der Waals surface area contributed by atoms with Crippen molar-refractivity contribution in [3.8, 4) is 0 Å². The normalized spacial score (nSPS) is 10.6. The fourth-order valence-corrected chi connectivity index (χ4v) is 2.12. The van der Waals surface area contributed by atoms with E-state index in [1.54, 1.807) is 0 Å². The number of halogens is 1. The highest BCUT2D eigenvalue weighted by molar-refractivity contribution is 9.10.